The molecule has 10 heteroatoms. The molecule has 23 heavy (non-hydrogen) atoms. The third-order valence-electron chi connectivity index (χ3n) is 3.63. The van der Waals surface area contributed by atoms with Crippen LogP contribution >= 0.6 is 0 Å². The van der Waals surface area contributed by atoms with Crippen LogP contribution in [0, 0.1) is 10.1 Å². The molecule has 126 valence electrons. The molecule has 0 radical (unpaired) electrons. The molecule has 0 saturated carbocycles. The Labute approximate surface area is 128 Å². The number of halogens is 3. The minimum absolute atomic E-state index is 0.122. The van der Waals surface area contributed by atoms with E-state index in [2.05, 4.69) is 5.32 Å². The first-order chi connectivity index (χ1) is 10.7. The van der Waals surface area contributed by atoms with Crippen molar-refractivity contribution in [2.75, 3.05) is 18.4 Å². The number of alkyl halides is 3. The summed E-state index contributed by atoms with van der Waals surface area (Å²) in [6.45, 7) is 0.568. The minimum atomic E-state index is -4.83. The van der Waals surface area contributed by atoms with E-state index in [1.165, 1.54) is 11.0 Å². The average molecular weight is 333 g/mol. The van der Waals surface area contributed by atoms with Gasteiger partial charge in [0.2, 0.25) is 0 Å². The van der Waals surface area contributed by atoms with Crippen molar-refractivity contribution in [2.24, 2.45) is 0 Å². The highest BCUT2D eigenvalue weighted by atomic mass is 19.4. The second kappa shape index (κ2) is 6.31. The average Bonchev–Trinajstić information content (AvgIpc) is 2.46. The molecule has 1 aromatic carbocycles. The van der Waals surface area contributed by atoms with Gasteiger partial charge < -0.3 is 15.3 Å². The van der Waals surface area contributed by atoms with Crippen molar-refractivity contribution in [3.05, 3.63) is 33.9 Å². The lowest BCUT2D eigenvalue weighted by atomic mass is 10.0. The number of amides is 1. The van der Waals surface area contributed by atoms with E-state index in [0.717, 1.165) is 6.07 Å². The number of likely N-dealkylation sites (tertiary alicyclic amines) is 1. The van der Waals surface area contributed by atoms with Crippen LogP contribution in [0.4, 0.5) is 29.3 Å². The highest BCUT2D eigenvalue weighted by Gasteiger charge is 2.38. The Morgan fingerprint density at radius 3 is 2.43 bits per heavy atom. The summed E-state index contributed by atoms with van der Waals surface area (Å²) < 4.78 is 38.7. The number of nitrogens with one attached hydrogen (secondary N) is 1. The van der Waals surface area contributed by atoms with Crippen LogP contribution in [0.25, 0.3) is 0 Å². The van der Waals surface area contributed by atoms with E-state index in [9.17, 15) is 28.1 Å². The van der Waals surface area contributed by atoms with E-state index >= 15 is 0 Å². The van der Waals surface area contributed by atoms with E-state index in [-0.39, 0.29) is 24.8 Å². The molecule has 1 fully saturated rings. The Morgan fingerprint density at radius 2 is 1.96 bits per heavy atom. The lowest BCUT2D eigenvalue weighted by molar-refractivity contribution is -0.388. The van der Waals surface area contributed by atoms with Gasteiger partial charge in [0, 0.05) is 30.9 Å². The number of nitro groups is 1. The van der Waals surface area contributed by atoms with Crippen LogP contribution in [0.5, 0.6) is 0 Å². The Balaban J connectivity index is 2.13. The van der Waals surface area contributed by atoms with Crippen molar-refractivity contribution in [3.63, 3.8) is 0 Å². The lowest BCUT2D eigenvalue weighted by Gasteiger charge is -2.31. The Bertz CT molecular complexity index is 613. The molecule has 0 unspecified atom stereocenters. The summed E-state index contributed by atoms with van der Waals surface area (Å²) in [6, 6.07) is 2.56. The van der Waals surface area contributed by atoms with Crippen molar-refractivity contribution in [3.8, 4) is 0 Å². The smallest absolute Gasteiger partial charge is 0.423 e. The zero-order valence-electron chi connectivity index (χ0n) is 11.8. The van der Waals surface area contributed by atoms with Gasteiger partial charge in [-0.15, -0.1) is 0 Å². The zero-order valence-corrected chi connectivity index (χ0v) is 11.8. The SMILES string of the molecule is O=C(O)N1CCC(Nc2ccc([N+](=O)[O-])c(C(F)(F)F)c2)CC1. The van der Waals surface area contributed by atoms with Gasteiger partial charge in [-0.2, -0.15) is 13.2 Å². The second-order valence-electron chi connectivity index (χ2n) is 5.18. The molecule has 1 aliphatic rings. The van der Waals surface area contributed by atoms with Crippen LogP contribution < -0.4 is 5.32 Å². The van der Waals surface area contributed by atoms with Crippen LogP contribution in [0.1, 0.15) is 18.4 Å². The normalized spacial score (nSPS) is 16.2. The molecule has 1 aliphatic heterocycles. The second-order valence-corrected chi connectivity index (χ2v) is 5.18. The predicted molar refractivity (Wildman–Crippen MR) is 74.3 cm³/mol. The number of nitrogens with zero attached hydrogens (tertiary/aromatic N) is 2. The van der Waals surface area contributed by atoms with Gasteiger partial charge in [0.25, 0.3) is 5.69 Å². The molecule has 0 spiro atoms. The monoisotopic (exact) mass is 333 g/mol. The van der Waals surface area contributed by atoms with Crippen molar-refractivity contribution in [1.82, 2.24) is 4.90 Å². The van der Waals surface area contributed by atoms with E-state index in [1.54, 1.807) is 0 Å². The summed E-state index contributed by atoms with van der Waals surface area (Å²) >= 11 is 0. The standard InChI is InChI=1S/C13H14F3N3O4/c14-13(15,16)10-7-9(1-2-11(10)19(22)23)17-8-3-5-18(6-4-8)12(20)21/h1-2,7-8,17H,3-6H2,(H,20,21). The topological polar surface area (TPSA) is 95.7 Å². The lowest BCUT2D eigenvalue weighted by Crippen LogP contribution is -2.41. The molecule has 7 nitrogen and oxygen atoms in total. The number of piperidine rings is 1. The van der Waals surface area contributed by atoms with Gasteiger partial charge in [0.15, 0.2) is 0 Å². The summed E-state index contributed by atoms with van der Waals surface area (Å²) in [5.41, 5.74) is -2.18. The van der Waals surface area contributed by atoms with E-state index in [0.29, 0.717) is 18.9 Å². The molecule has 1 aromatic rings. The molecule has 1 saturated heterocycles. The number of anilines is 1. The summed E-state index contributed by atoms with van der Waals surface area (Å²) in [5, 5.41) is 22.4. The molecule has 0 atom stereocenters. The van der Waals surface area contributed by atoms with Crippen molar-refractivity contribution in [1.29, 1.82) is 0 Å². The first kappa shape index (κ1) is 16.8. The van der Waals surface area contributed by atoms with Gasteiger partial charge in [-0.1, -0.05) is 0 Å². The van der Waals surface area contributed by atoms with Gasteiger partial charge in [0.1, 0.15) is 5.56 Å². The highest BCUT2D eigenvalue weighted by Crippen LogP contribution is 2.37. The summed E-state index contributed by atoms with van der Waals surface area (Å²) in [6.07, 6.45) is -4.96. The summed E-state index contributed by atoms with van der Waals surface area (Å²) in [4.78, 5) is 21.6. The summed E-state index contributed by atoms with van der Waals surface area (Å²) in [7, 11) is 0. The number of rotatable bonds is 3. The zero-order chi connectivity index (χ0) is 17.2. The fourth-order valence-corrected chi connectivity index (χ4v) is 2.46. The maximum absolute atomic E-state index is 12.9. The van der Waals surface area contributed by atoms with E-state index < -0.39 is 28.4 Å². The number of hydrogen-bond acceptors (Lipinski definition) is 4. The molecule has 1 amide bonds. The van der Waals surface area contributed by atoms with Gasteiger partial charge in [0.05, 0.1) is 4.92 Å². The van der Waals surface area contributed by atoms with Crippen LogP contribution in [0.2, 0.25) is 0 Å². The quantitative estimate of drug-likeness (QED) is 0.654. The maximum atomic E-state index is 12.9. The van der Waals surface area contributed by atoms with Gasteiger partial charge in [-0.3, -0.25) is 10.1 Å². The maximum Gasteiger partial charge on any atom is 0.423 e. The van der Waals surface area contributed by atoms with Crippen molar-refractivity contribution in [2.45, 2.75) is 25.1 Å². The fraction of sp³-hybridized carbons (Fsp3) is 0.462. The minimum Gasteiger partial charge on any atom is -0.465 e. The van der Waals surface area contributed by atoms with Crippen LogP contribution in [-0.2, 0) is 6.18 Å². The molecule has 2 rings (SSSR count). The van der Waals surface area contributed by atoms with Crippen molar-refractivity contribution >= 4 is 17.5 Å². The molecular formula is C13H14F3N3O4. The van der Waals surface area contributed by atoms with Gasteiger partial charge >= 0.3 is 12.3 Å². The van der Waals surface area contributed by atoms with Gasteiger partial charge in [-0.05, 0) is 25.0 Å². The largest absolute Gasteiger partial charge is 0.465 e. The van der Waals surface area contributed by atoms with Crippen molar-refractivity contribution < 1.29 is 28.0 Å². The summed E-state index contributed by atoms with van der Waals surface area (Å²) in [5.74, 6) is 0. The third-order valence-corrected chi connectivity index (χ3v) is 3.63. The van der Waals surface area contributed by atoms with Gasteiger partial charge in [-0.25, -0.2) is 4.79 Å². The number of carboxylic acid groups (broad SMARTS) is 1. The fourth-order valence-electron chi connectivity index (χ4n) is 2.46. The molecule has 0 bridgehead atoms. The van der Waals surface area contributed by atoms with E-state index in [1.807, 2.05) is 0 Å². The Morgan fingerprint density at radius 1 is 1.35 bits per heavy atom. The molecular weight excluding hydrogens is 319 g/mol. The van der Waals surface area contributed by atoms with Crippen LogP contribution in [-0.4, -0.2) is 40.2 Å². The Kier molecular flexibility index (Phi) is 4.62. The van der Waals surface area contributed by atoms with Crippen LogP contribution in [0.15, 0.2) is 18.2 Å². The predicted octanol–water partition coefficient (Wildman–Crippen LogP) is 3.17. The Hall–Kier alpha value is -2.52. The highest BCUT2D eigenvalue weighted by molar-refractivity contribution is 5.65. The number of benzene rings is 1. The number of nitro benzene ring substituents is 1. The number of carbonyl (C=O) groups is 1. The van der Waals surface area contributed by atoms with E-state index in [4.69, 9.17) is 5.11 Å². The first-order valence-corrected chi connectivity index (χ1v) is 6.78. The molecule has 2 N–H and O–H groups in total. The molecule has 1 heterocycles. The number of hydrogen-bond donors (Lipinski definition) is 2. The van der Waals surface area contributed by atoms with Crippen LogP contribution in [0.3, 0.4) is 0 Å². The molecule has 0 aliphatic carbocycles. The third kappa shape index (κ3) is 4.02. The first-order valence-electron chi connectivity index (χ1n) is 6.78. The molecule has 0 aromatic heterocycles.